The maximum atomic E-state index is 10.9. The summed E-state index contributed by atoms with van der Waals surface area (Å²) in [6.07, 6.45) is 5.53. The largest absolute Gasteiger partial charge is 0.298 e. The van der Waals surface area contributed by atoms with E-state index in [4.69, 9.17) is 0 Å². The summed E-state index contributed by atoms with van der Waals surface area (Å²) in [5.41, 5.74) is 4.98. The highest BCUT2D eigenvalue weighted by molar-refractivity contribution is 5.59. The predicted molar refractivity (Wildman–Crippen MR) is 99.2 cm³/mol. The number of benzene rings is 2. The number of hydrogen-bond donors (Lipinski definition) is 1. The Morgan fingerprint density at radius 3 is 1.81 bits per heavy atom. The summed E-state index contributed by atoms with van der Waals surface area (Å²) in [5.74, 6) is 0. The molecule has 26 heavy (non-hydrogen) atoms. The van der Waals surface area contributed by atoms with Gasteiger partial charge in [-0.25, -0.2) is 0 Å². The molecular formula is C18H20N4O4. The van der Waals surface area contributed by atoms with Crippen LogP contribution in [0.15, 0.2) is 48.5 Å². The lowest BCUT2D eigenvalue weighted by Crippen LogP contribution is -2.41. The molecule has 1 saturated carbocycles. The molecule has 0 radical (unpaired) electrons. The smallest absolute Gasteiger partial charge is 0.269 e. The van der Waals surface area contributed by atoms with Crippen molar-refractivity contribution in [2.24, 2.45) is 0 Å². The van der Waals surface area contributed by atoms with Crippen molar-refractivity contribution in [2.45, 2.75) is 38.1 Å². The van der Waals surface area contributed by atoms with Gasteiger partial charge in [0.05, 0.1) is 27.3 Å². The minimum absolute atomic E-state index is 0.0371. The van der Waals surface area contributed by atoms with Gasteiger partial charge in [-0.3, -0.25) is 30.7 Å². The molecule has 0 aromatic heterocycles. The first-order valence-electron chi connectivity index (χ1n) is 8.59. The van der Waals surface area contributed by atoms with Crippen LogP contribution < -0.4 is 10.4 Å². The van der Waals surface area contributed by atoms with Crippen LogP contribution in [0.3, 0.4) is 0 Å². The first-order valence-corrected chi connectivity index (χ1v) is 8.59. The number of nitrogens with zero attached hydrogens (tertiary/aromatic N) is 3. The van der Waals surface area contributed by atoms with Gasteiger partial charge in [0.15, 0.2) is 0 Å². The van der Waals surface area contributed by atoms with E-state index in [1.54, 1.807) is 24.3 Å². The Morgan fingerprint density at radius 2 is 1.31 bits per heavy atom. The van der Waals surface area contributed by atoms with E-state index >= 15 is 0 Å². The van der Waals surface area contributed by atoms with E-state index in [1.165, 1.54) is 30.7 Å². The second-order valence-corrected chi connectivity index (χ2v) is 6.35. The Balaban J connectivity index is 1.85. The Bertz CT molecular complexity index is 771. The van der Waals surface area contributed by atoms with Gasteiger partial charge in [-0.15, -0.1) is 0 Å². The van der Waals surface area contributed by atoms with E-state index in [0.717, 1.165) is 37.1 Å². The molecule has 8 heteroatoms. The molecule has 2 aromatic rings. The van der Waals surface area contributed by atoms with Crippen molar-refractivity contribution < 1.29 is 9.85 Å². The average Bonchev–Trinajstić information content (AvgIpc) is 2.67. The van der Waals surface area contributed by atoms with Gasteiger partial charge in [-0.2, -0.15) is 0 Å². The van der Waals surface area contributed by atoms with Gasteiger partial charge in [-0.1, -0.05) is 19.3 Å². The fourth-order valence-corrected chi connectivity index (χ4v) is 3.24. The summed E-state index contributed by atoms with van der Waals surface area (Å²) in [4.78, 5) is 20.8. The third kappa shape index (κ3) is 4.08. The van der Waals surface area contributed by atoms with E-state index in [0.29, 0.717) is 0 Å². The molecule has 2 aromatic carbocycles. The van der Waals surface area contributed by atoms with Gasteiger partial charge in [0.25, 0.3) is 11.4 Å². The van der Waals surface area contributed by atoms with E-state index in [9.17, 15) is 20.2 Å². The molecule has 1 aliphatic rings. The second kappa shape index (κ2) is 7.81. The Morgan fingerprint density at radius 1 is 0.808 bits per heavy atom. The zero-order valence-electron chi connectivity index (χ0n) is 14.2. The van der Waals surface area contributed by atoms with Crippen LogP contribution >= 0.6 is 0 Å². The lowest BCUT2D eigenvalue weighted by molar-refractivity contribution is -0.385. The molecule has 1 aliphatic carbocycles. The minimum Gasteiger partial charge on any atom is -0.298 e. The van der Waals surface area contributed by atoms with Crippen LogP contribution in [0.25, 0.3) is 0 Å². The molecule has 136 valence electrons. The third-order valence-electron chi connectivity index (χ3n) is 4.61. The number of nitrogens with one attached hydrogen (secondary N) is 1. The van der Waals surface area contributed by atoms with Crippen LogP contribution in [0.5, 0.6) is 0 Å². The molecule has 0 amide bonds. The van der Waals surface area contributed by atoms with Crippen LogP contribution in [0.2, 0.25) is 0 Å². The van der Waals surface area contributed by atoms with Crippen LogP contribution in [-0.4, -0.2) is 15.9 Å². The molecular weight excluding hydrogens is 336 g/mol. The SMILES string of the molecule is O=[N+]([O-])c1ccc(NN(c2ccc([N+](=O)[O-])cc2)C2CCCCC2)cc1. The van der Waals surface area contributed by atoms with E-state index < -0.39 is 9.85 Å². The molecule has 0 saturated heterocycles. The maximum absolute atomic E-state index is 10.9. The number of nitro groups is 2. The first-order chi connectivity index (χ1) is 12.5. The number of nitro benzene ring substituents is 2. The van der Waals surface area contributed by atoms with Crippen molar-refractivity contribution in [3.8, 4) is 0 Å². The molecule has 0 spiro atoms. The number of rotatable bonds is 6. The van der Waals surface area contributed by atoms with Crippen molar-refractivity contribution in [3.05, 3.63) is 68.8 Å². The van der Waals surface area contributed by atoms with Gasteiger partial charge in [0, 0.05) is 24.3 Å². The van der Waals surface area contributed by atoms with Gasteiger partial charge in [0.2, 0.25) is 0 Å². The monoisotopic (exact) mass is 356 g/mol. The number of anilines is 2. The van der Waals surface area contributed by atoms with Crippen molar-refractivity contribution in [2.75, 3.05) is 10.4 Å². The zero-order chi connectivity index (χ0) is 18.5. The van der Waals surface area contributed by atoms with E-state index in [2.05, 4.69) is 5.43 Å². The van der Waals surface area contributed by atoms with Gasteiger partial charge in [-0.05, 0) is 37.1 Å². The fraction of sp³-hybridized carbons (Fsp3) is 0.333. The van der Waals surface area contributed by atoms with Gasteiger partial charge >= 0.3 is 0 Å². The molecule has 0 aliphatic heterocycles. The average molecular weight is 356 g/mol. The summed E-state index contributed by atoms with van der Waals surface area (Å²) in [7, 11) is 0. The maximum Gasteiger partial charge on any atom is 0.269 e. The van der Waals surface area contributed by atoms with Crippen LogP contribution in [0.4, 0.5) is 22.7 Å². The Hall–Kier alpha value is -3.16. The highest BCUT2D eigenvalue weighted by Gasteiger charge is 2.22. The van der Waals surface area contributed by atoms with Crippen molar-refractivity contribution in [1.82, 2.24) is 0 Å². The molecule has 0 unspecified atom stereocenters. The van der Waals surface area contributed by atoms with E-state index in [1.807, 2.05) is 5.01 Å². The molecule has 1 N–H and O–H groups in total. The van der Waals surface area contributed by atoms with Crippen molar-refractivity contribution >= 4 is 22.7 Å². The zero-order valence-corrected chi connectivity index (χ0v) is 14.2. The van der Waals surface area contributed by atoms with Crippen LogP contribution in [0.1, 0.15) is 32.1 Å². The topological polar surface area (TPSA) is 102 Å². The lowest BCUT2D eigenvalue weighted by atomic mass is 9.94. The van der Waals surface area contributed by atoms with Crippen LogP contribution in [0, 0.1) is 20.2 Å². The first kappa shape index (κ1) is 17.7. The molecule has 1 fully saturated rings. The quantitative estimate of drug-likeness (QED) is 0.596. The summed E-state index contributed by atoms with van der Waals surface area (Å²) >= 11 is 0. The fourth-order valence-electron chi connectivity index (χ4n) is 3.24. The standard InChI is InChI=1S/C18H20N4O4/c23-21(24)17-8-6-14(7-9-17)19-20(15-4-2-1-3-5-15)16-10-12-18(13-11-16)22(25)26/h6-13,15,19H,1-5H2. The highest BCUT2D eigenvalue weighted by Crippen LogP contribution is 2.29. The van der Waals surface area contributed by atoms with Crippen LogP contribution in [-0.2, 0) is 0 Å². The molecule has 0 atom stereocenters. The molecule has 8 nitrogen and oxygen atoms in total. The minimum atomic E-state index is -0.432. The normalized spacial score (nSPS) is 14.6. The van der Waals surface area contributed by atoms with Gasteiger partial charge in [0.1, 0.15) is 0 Å². The highest BCUT2D eigenvalue weighted by atomic mass is 16.6. The lowest BCUT2D eigenvalue weighted by Gasteiger charge is -2.36. The number of hydrazine groups is 1. The third-order valence-corrected chi connectivity index (χ3v) is 4.61. The number of non-ortho nitro benzene ring substituents is 2. The summed E-state index contributed by atoms with van der Waals surface area (Å²) < 4.78 is 0. The molecule has 0 bridgehead atoms. The molecule has 0 heterocycles. The van der Waals surface area contributed by atoms with Crippen molar-refractivity contribution in [3.63, 3.8) is 0 Å². The number of hydrogen-bond acceptors (Lipinski definition) is 6. The van der Waals surface area contributed by atoms with Gasteiger partial charge < -0.3 is 0 Å². The van der Waals surface area contributed by atoms with E-state index in [-0.39, 0.29) is 17.4 Å². The molecule has 3 rings (SSSR count). The summed E-state index contributed by atoms with van der Waals surface area (Å²) in [5, 5.41) is 23.7. The summed E-state index contributed by atoms with van der Waals surface area (Å²) in [6, 6.07) is 12.9. The Kier molecular flexibility index (Phi) is 5.31. The summed E-state index contributed by atoms with van der Waals surface area (Å²) in [6.45, 7) is 0. The second-order valence-electron chi connectivity index (χ2n) is 6.35. The van der Waals surface area contributed by atoms with Crippen molar-refractivity contribution in [1.29, 1.82) is 0 Å². The predicted octanol–water partition coefficient (Wildman–Crippen LogP) is 4.67. The Labute approximate surface area is 150 Å².